The highest BCUT2D eigenvalue weighted by molar-refractivity contribution is 5.90. The van der Waals surface area contributed by atoms with E-state index in [9.17, 15) is 9.90 Å². The Morgan fingerprint density at radius 1 is 1.03 bits per heavy atom. The van der Waals surface area contributed by atoms with Gasteiger partial charge >= 0.3 is 0 Å². The van der Waals surface area contributed by atoms with Gasteiger partial charge in [-0.25, -0.2) is 9.97 Å². The lowest BCUT2D eigenvalue weighted by atomic mass is 9.79. The maximum Gasteiger partial charge on any atom is 0.264 e. The third-order valence-corrected chi connectivity index (χ3v) is 6.51. The maximum absolute atomic E-state index is 14.0. The number of anilines is 1. The monoisotopic (exact) mass is 444 g/mol. The normalized spacial score (nSPS) is 18.8. The first-order valence-corrected chi connectivity index (χ1v) is 11.4. The molecule has 1 fully saturated rings. The molecule has 33 heavy (non-hydrogen) atoms. The van der Waals surface area contributed by atoms with Crippen LogP contribution in [-0.4, -0.2) is 53.1 Å². The minimum Gasteiger partial charge on any atom is -0.372 e. The van der Waals surface area contributed by atoms with Gasteiger partial charge in [-0.05, 0) is 30.9 Å². The molecule has 0 spiro atoms. The Labute approximate surface area is 195 Å². The average Bonchev–Trinajstić information content (AvgIpc) is 2.83. The Morgan fingerprint density at radius 2 is 1.61 bits per heavy atom. The van der Waals surface area contributed by atoms with E-state index in [-0.39, 0.29) is 5.91 Å². The lowest BCUT2D eigenvalue weighted by Crippen LogP contribution is -2.54. The summed E-state index contributed by atoms with van der Waals surface area (Å²) in [5.74, 6) is 1.28. The lowest BCUT2D eigenvalue weighted by Gasteiger charge is -2.43. The third kappa shape index (κ3) is 4.35. The number of aliphatic hydroxyl groups is 1. The lowest BCUT2D eigenvalue weighted by molar-refractivity contribution is -0.150. The van der Waals surface area contributed by atoms with Gasteiger partial charge in [0.15, 0.2) is 5.60 Å². The van der Waals surface area contributed by atoms with Gasteiger partial charge < -0.3 is 14.9 Å². The number of benzene rings is 2. The van der Waals surface area contributed by atoms with Gasteiger partial charge in [0, 0.05) is 44.4 Å². The molecule has 3 aromatic rings. The molecule has 6 heteroatoms. The van der Waals surface area contributed by atoms with Crippen molar-refractivity contribution in [3.8, 4) is 0 Å². The van der Waals surface area contributed by atoms with Crippen LogP contribution in [0.3, 0.4) is 0 Å². The first-order chi connectivity index (χ1) is 15.7. The SMILES string of the molecule is Cc1cc(N(C)C)nc([C@@]2(C)CCCN(C(=O)C(O)(c3ccccc3)c3ccccc3)C2)n1. The van der Waals surface area contributed by atoms with E-state index in [1.54, 1.807) is 29.2 Å². The summed E-state index contributed by atoms with van der Waals surface area (Å²) in [4.78, 5) is 27.3. The summed E-state index contributed by atoms with van der Waals surface area (Å²) < 4.78 is 0. The molecule has 1 aliphatic rings. The highest BCUT2D eigenvalue weighted by atomic mass is 16.3. The number of amides is 1. The van der Waals surface area contributed by atoms with Crippen molar-refractivity contribution >= 4 is 11.7 Å². The summed E-state index contributed by atoms with van der Waals surface area (Å²) in [6, 6.07) is 20.3. The fourth-order valence-corrected chi connectivity index (χ4v) is 4.65. The number of nitrogens with zero attached hydrogens (tertiary/aromatic N) is 4. The van der Waals surface area contributed by atoms with Gasteiger partial charge in [-0.3, -0.25) is 4.79 Å². The number of carbonyl (C=O) groups excluding carboxylic acids is 1. The average molecular weight is 445 g/mol. The number of piperidine rings is 1. The van der Waals surface area contributed by atoms with Crippen LogP contribution in [-0.2, 0) is 15.8 Å². The second kappa shape index (κ2) is 8.94. The van der Waals surface area contributed by atoms with Crippen molar-refractivity contribution < 1.29 is 9.90 Å². The first kappa shape index (κ1) is 22.9. The van der Waals surface area contributed by atoms with Gasteiger partial charge in [-0.15, -0.1) is 0 Å². The topological polar surface area (TPSA) is 69.6 Å². The predicted octanol–water partition coefficient (Wildman–Crippen LogP) is 3.67. The Kier molecular flexibility index (Phi) is 6.21. The summed E-state index contributed by atoms with van der Waals surface area (Å²) in [6.45, 7) is 5.12. The molecular weight excluding hydrogens is 412 g/mol. The van der Waals surface area contributed by atoms with Crippen molar-refractivity contribution in [3.05, 3.63) is 89.4 Å². The van der Waals surface area contributed by atoms with Crippen molar-refractivity contribution in [3.63, 3.8) is 0 Å². The smallest absolute Gasteiger partial charge is 0.264 e. The maximum atomic E-state index is 14.0. The van der Waals surface area contributed by atoms with Crippen LogP contribution in [0.15, 0.2) is 66.7 Å². The molecule has 1 atom stereocenters. The number of aromatic nitrogens is 2. The van der Waals surface area contributed by atoms with Crippen LogP contribution in [0.25, 0.3) is 0 Å². The highest BCUT2D eigenvalue weighted by Gasteiger charge is 2.46. The zero-order valence-electron chi connectivity index (χ0n) is 19.8. The van der Waals surface area contributed by atoms with Gasteiger partial charge in [0.05, 0.1) is 0 Å². The summed E-state index contributed by atoms with van der Waals surface area (Å²) in [6.07, 6.45) is 1.69. The van der Waals surface area contributed by atoms with E-state index in [4.69, 9.17) is 9.97 Å². The standard InChI is InChI=1S/C27H32N4O2/c1-20-18-23(30(3)4)29-24(28-20)26(2)16-11-17-31(19-26)25(32)27(33,21-12-7-5-8-13-21)22-14-9-6-10-15-22/h5-10,12-15,18,33H,11,16-17,19H2,1-4H3/t26-/m0/s1. The fourth-order valence-electron chi connectivity index (χ4n) is 4.65. The molecule has 0 radical (unpaired) electrons. The molecule has 1 N–H and O–H groups in total. The van der Waals surface area contributed by atoms with Crippen molar-refractivity contribution in [2.24, 2.45) is 0 Å². The number of carbonyl (C=O) groups is 1. The Morgan fingerprint density at radius 3 is 2.15 bits per heavy atom. The second-order valence-electron chi connectivity index (χ2n) is 9.42. The number of likely N-dealkylation sites (tertiary alicyclic amines) is 1. The molecular formula is C27H32N4O2. The van der Waals surface area contributed by atoms with Crippen LogP contribution >= 0.6 is 0 Å². The molecule has 0 aliphatic carbocycles. The van der Waals surface area contributed by atoms with E-state index in [1.165, 1.54) is 0 Å². The minimum atomic E-state index is -1.76. The quantitative estimate of drug-likeness (QED) is 0.650. The highest BCUT2D eigenvalue weighted by Crippen LogP contribution is 2.37. The molecule has 2 aromatic carbocycles. The van der Waals surface area contributed by atoms with Crippen molar-refractivity contribution in [2.75, 3.05) is 32.1 Å². The molecule has 1 amide bonds. The van der Waals surface area contributed by atoms with E-state index < -0.39 is 11.0 Å². The van der Waals surface area contributed by atoms with Gasteiger partial charge in [0.1, 0.15) is 11.6 Å². The van der Waals surface area contributed by atoms with Crippen LogP contribution in [0.4, 0.5) is 5.82 Å². The Hall–Kier alpha value is -3.25. The molecule has 0 bridgehead atoms. The molecule has 2 heterocycles. The van der Waals surface area contributed by atoms with E-state index in [1.807, 2.05) is 68.4 Å². The number of hydrogen-bond donors (Lipinski definition) is 1. The van der Waals surface area contributed by atoms with Crippen LogP contribution < -0.4 is 4.90 Å². The van der Waals surface area contributed by atoms with Gasteiger partial charge in [-0.2, -0.15) is 0 Å². The first-order valence-electron chi connectivity index (χ1n) is 11.4. The largest absolute Gasteiger partial charge is 0.372 e. The van der Waals surface area contributed by atoms with Crippen LogP contribution in [0.5, 0.6) is 0 Å². The van der Waals surface area contributed by atoms with Crippen LogP contribution in [0, 0.1) is 6.92 Å². The molecule has 1 aromatic heterocycles. The zero-order chi connectivity index (χ0) is 23.6. The fraction of sp³-hybridized carbons (Fsp3) is 0.370. The number of hydrogen-bond acceptors (Lipinski definition) is 5. The van der Waals surface area contributed by atoms with Crippen LogP contribution in [0.2, 0.25) is 0 Å². The van der Waals surface area contributed by atoms with Crippen molar-refractivity contribution in [1.82, 2.24) is 14.9 Å². The molecule has 4 rings (SSSR count). The summed E-state index contributed by atoms with van der Waals surface area (Å²) in [7, 11) is 3.93. The van der Waals surface area contributed by atoms with Crippen molar-refractivity contribution in [1.29, 1.82) is 0 Å². The summed E-state index contributed by atoms with van der Waals surface area (Å²) in [5, 5.41) is 11.9. The second-order valence-corrected chi connectivity index (χ2v) is 9.42. The van der Waals surface area contributed by atoms with Gasteiger partial charge in [-0.1, -0.05) is 67.6 Å². The zero-order valence-corrected chi connectivity index (χ0v) is 19.8. The van der Waals surface area contributed by atoms with Gasteiger partial charge in [0.2, 0.25) is 0 Å². The van der Waals surface area contributed by atoms with E-state index in [2.05, 4.69) is 6.92 Å². The molecule has 1 aliphatic heterocycles. The van der Waals surface area contributed by atoms with Gasteiger partial charge in [0.25, 0.3) is 5.91 Å². The van der Waals surface area contributed by atoms with Crippen LogP contribution in [0.1, 0.15) is 42.4 Å². The van der Waals surface area contributed by atoms with Crippen molar-refractivity contribution in [2.45, 2.75) is 37.7 Å². The molecule has 0 saturated carbocycles. The van der Waals surface area contributed by atoms with E-state index in [0.717, 1.165) is 30.2 Å². The Bertz CT molecular complexity index is 1080. The van der Waals surface area contributed by atoms with E-state index >= 15 is 0 Å². The number of aryl methyl sites for hydroxylation is 1. The third-order valence-electron chi connectivity index (χ3n) is 6.51. The summed E-state index contributed by atoms with van der Waals surface area (Å²) in [5.41, 5.74) is -0.133. The van der Waals surface area contributed by atoms with E-state index in [0.29, 0.717) is 24.2 Å². The number of rotatable bonds is 5. The predicted molar refractivity (Wildman–Crippen MR) is 130 cm³/mol. The molecule has 6 nitrogen and oxygen atoms in total. The molecule has 0 unspecified atom stereocenters. The summed E-state index contributed by atoms with van der Waals surface area (Å²) >= 11 is 0. The molecule has 1 saturated heterocycles. The Balaban J connectivity index is 1.72. The minimum absolute atomic E-state index is 0.314. The molecule has 172 valence electrons.